The van der Waals surface area contributed by atoms with Gasteiger partial charge >= 0.3 is 0 Å². The number of fused-ring (bicyclic) bond motifs is 1. The molecule has 0 N–H and O–H groups in total. The van der Waals surface area contributed by atoms with Gasteiger partial charge in [0.2, 0.25) is 3.79 Å². The van der Waals surface area contributed by atoms with Gasteiger partial charge in [-0.2, -0.15) is 0 Å². The van der Waals surface area contributed by atoms with Crippen LogP contribution in [0, 0.1) is 0 Å². The normalized spacial score (nSPS) is 14.7. The Kier molecular flexibility index (Phi) is 1.73. The number of para-hydroxylation sites is 1. The monoisotopic (exact) mass is 260 g/mol. The number of benzene rings is 1. The molecule has 56 valence electrons. The zero-order valence-electron chi connectivity index (χ0n) is 5.58. The van der Waals surface area contributed by atoms with E-state index in [0.29, 0.717) is 5.75 Å². The first-order chi connectivity index (χ1) is 5.38. The third-order valence-corrected chi connectivity index (χ3v) is 3.07. The number of carbonyl (C=O) groups is 1. The van der Waals surface area contributed by atoms with Crippen molar-refractivity contribution in [1.29, 1.82) is 0 Å². The van der Waals surface area contributed by atoms with E-state index in [0.717, 1.165) is 5.56 Å². The molecule has 0 saturated heterocycles. The van der Waals surface area contributed by atoms with Crippen LogP contribution in [0.2, 0.25) is 0 Å². The van der Waals surface area contributed by atoms with Crippen molar-refractivity contribution in [3.8, 4) is 5.75 Å². The van der Waals surface area contributed by atoms with E-state index >= 15 is 0 Å². The van der Waals surface area contributed by atoms with Gasteiger partial charge in [-0.25, -0.2) is 0 Å². The van der Waals surface area contributed by atoms with Gasteiger partial charge in [-0.1, -0.05) is 12.1 Å². The van der Waals surface area contributed by atoms with Gasteiger partial charge in [0.25, 0.3) is 0 Å². The van der Waals surface area contributed by atoms with Gasteiger partial charge in [0.1, 0.15) is 9.95 Å². The second-order valence-corrected chi connectivity index (χ2v) is 4.20. The molecule has 0 spiro atoms. The van der Waals surface area contributed by atoms with Crippen LogP contribution >= 0.6 is 20.7 Å². The minimum atomic E-state index is -0.523. The maximum Gasteiger partial charge on any atom is 0.223 e. The van der Waals surface area contributed by atoms with Crippen molar-refractivity contribution in [3.63, 3.8) is 0 Å². The molecular formula is C8H5IO2. The van der Waals surface area contributed by atoms with Gasteiger partial charge in [0.05, 0.1) is 5.56 Å². The molecule has 0 atom stereocenters. The van der Waals surface area contributed by atoms with E-state index < -0.39 is 20.7 Å². The molecule has 1 heterocycles. The Morgan fingerprint density at radius 1 is 1.27 bits per heavy atom. The SMILES string of the molecule is O=C1I=COc2ccccc21. The number of ether oxygens (including phenoxy) is 1. The fraction of sp³-hybridized carbons (Fsp3) is 0. The van der Waals surface area contributed by atoms with Crippen LogP contribution in [-0.2, 0) is 0 Å². The first kappa shape index (κ1) is 6.97. The van der Waals surface area contributed by atoms with Gasteiger partial charge < -0.3 is 4.74 Å². The number of carbonyl (C=O) groups excluding carboxylic acids is 1. The third-order valence-electron chi connectivity index (χ3n) is 1.41. The van der Waals surface area contributed by atoms with Crippen molar-refractivity contribution < 1.29 is 9.53 Å². The Morgan fingerprint density at radius 3 is 2.91 bits per heavy atom. The van der Waals surface area contributed by atoms with Crippen molar-refractivity contribution in [2.24, 2.45) is 0 Å². The second kappa shape index (κ2) is 2.73. The molecule has 0 fully saturated rings. The summed E-state index contributed by atoms with van der Waals surface area (Å²) in [6.07, 6.45) is 0. The Labute approximate surface area is 73.9 Å². The minimum absolute atomic E-state index is 0.241. The zero-order chi connectivity index (χ0) is 7.68. The number of hydrogen-bond acceptors (Lipinski definition) is 2. The summed E-state index contributed by atoms with van der Waals surface area (Å²) in [5, 5.41) is 0. The van der Waals surface area contributed by atoms with Crippen molar-refractivity contribution >= 4 is 28.7 Å². The molecule has 0 amide bonds. The van der Waals surface area contributed by atoms with Gasteiger partial charge in [-0.05, 0) is 12.1 Å². The van der Waals surface area contributed by atoms with Crippen molar-refractivity contribution in [2.75, 3.05) is 0 Å². The lowest BCUT2D eigenvalue weighted by atomic mass is 10.2. The van der Waals surface area contributed by atoms with E-state index in [4.69, 9.17) is 4.74 Å². The maximum absolute atomic E-state index is 11.2. The largest absolute Gasteiger partial charge is 0.458 e. The minimum Gasteiger partial charge on any atom is -0.458 e. The molecule has 11 heavy (non-hydrogen) atoms. The lowest BCUT2D eigenvalue weighted by Crippen LogP contribution is -2.02. The molecule has 0 unspecified atom stereocenters. The average Bonchev–Trinajstić information content (AvgIpc) is 2.06. The molecule has 2 rings (SSSR count). The summed E-state index contributed by atoms with van der Waals surface area (Å²) < 4.78 is 7.08. The Morgan fingerprint density at radius 2 is 2.09 bits per heavy atom. The summed E-state index contributed by atoms with van der Waals surface area (Å²) in [5.41, 5.74) is 0.739. The molecule has 3 heteroatoms. The summed E-state index contributed by atoms with van der Waals surface area (Å²) in [7, 11) is 0. The van der Waals surface area contributed by atoms with Crippen LogP contribution < -0.4 is 4.74 Å². The van der Waals surface area contributed by atoms with Crippen LogP contribution in [0.25, 0.3) is 0 Å². The van der Waals surface area contributed by atoms with Crippen molar-refractivity contribution in [3.05, 3.63) is 29.8 Å². The van der Waals surface area contributed by atoms with E-state index in [1.807, 2.05) is 24.3 Å². The summed E-state index contributed by atoms with van der Waals surface area (Å²) in [6, 6.07) is 7.34. The summed E-state index contributed by atoms with van der Waals surface area (Å²) in [5.74, 6) is 0.698. The lowest BCUT2D eigenvalue weighted by Gasteiger charge is -2.07. The van der Waals surface area contributed by atoms with E-state index in [-0.39, 0.29) is 3.79 Å². The molecule has 0 radical (unpaired) electrons. The smallest absolute Gasteiger partial charge is 0.223 e. The molecule has 1 aliphatic heterocycles. The standard InChI is InChI=1S/C8H5IO2/c10-8-6-3-1-2-4-7(6)11-5-9-8/h1-5H. The molecule has 0 aromatic heterocycles. The fourth-order valence-corrected chi connectivity index (χ4v) is 2.31. The van der Waals surface area contributed by atoms with Crippen LogP contribution in [0.3, 0.4) is 0 Å². The lowest BCUT2D eigenvalue weighted by molar-refractivity contribution is 0.110. The van der Waals surface area contributed by atoms with Crippen LogP contribution in [0.4, 0.5) is 0 Å². The summed E-state index contributed by atoms with van der Waals surface area (Å²) in [6.45, 7) is 0. The topological polar surface area (TPSA) is 26.3 Å². The predicted octanol–water partition coefficient (Wildman–Crippen LogP) is 1.95. The quantitative estimate of drug-likeness (QED) is 0.526. The highest BCUT2D eigenvalue weighted by Crippen LogP contribution is 2.25. The molecule has 1 aliphatic rings. The second-order valence-electron chi connectivity index (χ2n) is 2.09. The van der Waals surface area contributed by atoms with Gasteiger partial charge in [0, 0.05) is 20.7 Å². The van der Waals surface area contributed by atoms with E-state index in [9.17, 15) is 4.79 Å². The van der Waals surface area contributed by atoms with E-state index in [1.165, 1.54) is 0 Å². The van der Waals surface area contributed by atoms with Gasteiger partial charge in [-0.15, -0.1) is 0 Å². The predicted molar refractivity (Wildman–Crippen MR) is 51.5 cm³/mol. The molecule has 2 nitrogen and oxygen atoms in total. The highest BCUT2D eigenvalue weighted by molar-refractivity contribution is 14.2. The fourth-order valence-electron chi connectivity index (χ4n) is 0.901. The van der Waals surface area contributed by atoms with E-state index in [2.05, 4.69) is 0 Å². The third kappa shape index (κ3) is 1.20. The van der Waals surface area contributed by atoms with Crippen LogP contribution in [0.15, 0.2) is 24.3 Å². The van der Waals surface area contributed by atoms with E-state index in [1.54, 1.807) is 4.20 Å². The molecule has 1 aromatic rings. The molecule has 1 aromatic carbocycles. The Balaban J connectivity index is 2.59. The summed E-state index contributed by atoms with van der Waals surface area (Å²) >= 11 is -0.523. The summed E-state index contributed by atoms with van der Waals surface area (Å²) in [4.78, 5) is 11.2. The van der Waals surface area contributed by atoms with Gasteiger partial charge in [0.15, 0.2) is 0 Å². The first-order valence-corrected chi connectivity index (χ1v) is 5.45. The Hall–Kier alpha value is -0.710. The maximum atomic E-state index is 11.2. The number of rotatable bonds is 0. The number of halogens is 1. The highest BCUT2D eigenvalue weighted by Gasteiger charge is 2.12. The highest BCUT2D eigenvalue weighted by atomic mass is 127. The van der Waals surface area contributed by atoms with Gasteiger partial charge in [-0.3, -0.25) is 4.79 Å². The van der Waals surface area contributed by atoms with Crippen molar-refractivity contribution in [2.45, 2.75) is 0 Å². The average molecular weight is 260 g/mol. The zero-order valence-corrected chi connectivity index (χ0v) is 7.74. The van der Waals surface area contributed by atoms with Crippen LogP contribution in [0.5, 0.6) is 5.75 Å². The molecule has 0 aliphatic carbocycles. The van der Waals surface area contributed by atoms with Crippen molar-refractivity contribution in [1.82, 2.24) is 0 Å². The van der Waals surface area contributed by atoms with Crippen LogP contribution in [-0.4, -0.2) is 7.99 Å². The molecule has 0 saturated carbocycles. The molecular weight excluding hydrogens is 255 g/mol. The molecule has 0 bridgehead atoms. The van der Waals surface area contributed by atoms with Crippen LogP contribution in [0.1, 0.15) is 10.4 Å². The Bertz CT molecular complexity index is 331. The number of hydrogen-bond donors (Lipinski definition) is 0. The first-order valence-electron chi connectivity index (χ1n) is 3.13.